The zero-order valence-corrected chi connectivity index (χ0v) is 12.3. The molecule has 0 saturated carbocycles. The lowest BCUT2D eigenvalue weighted by Crippen LogP contribution is -2.41. The number of benzene rings is 1. The normalized spacial score (nSPS) is 20.7. The Hall–Kier alpha value is -1.07. The number of hydrogen-bond donors (Lipinski definition) is 0. The summed E-state index contributed by atoms with van der Waals surface area (Å²) in [5.74, 6) is 0.111. The van der Waals surface area contributed by atoms with Crippen LogP contribution in [-0.4, -0.2) is 25.4 Å². The minimum atomic E-state index is -0.750. The zero-order chi connectivity index (χ0) is 14.4. The van der Waals surface area contributed by atoms with Gasteiger partial charge in [-0.3, -0.25) is 0 Å². The van der Waals surface area contributed by atoms with Crippen molar-refractivity contribution in [2.24, 2.45) is 0 Å². The van der Waals surface area contributed by atoms with Gasteiger partial charge in [-0.15, -0.1) is 0 Å². The van der Waals surface area contributed by atoms with Gasteiger partial charge < -0.3 is 14.0 Å². The second-order valence-electron chi connectivity index (χ2n) is 5.90. The highest BCUT2D eigenvalue weighted by Crippen LogP contribution is 2.37. The summed E-state index contributed by atoms with van der Waals surface area (Å²) >= 11 is 0. The van der Waals surface area contributed by atoms with Crippen LogP contribution in [0.25, 0.3) is 0 Å². The van der Waals surface area contributed by atoms with Crippen LogP contribution in [0.5, 0.6) is 5.75 Å². The van der Waals surface area contributed by atoms with E-state index in [0.717, 1.165) is 5.56 Å². The molecule has 0 N–H and O–H groups in total. The molecule has 1 saturated heterocycles. The van der Waals surface area contributed by atoms with Crippen LogP contribution in [0.1, 0.15) is 33.3 Å². The summed E-state index contributed by atoms with van der Waals surface area (Å²) in [6.45, 7) is 9.62. The van der Waals surface area contributed by atoms with E-state index in [4.69, 9.17) is 14.0 Å². The van der Waals surface area contributed by atoms with Gasteiger partial charge in [0.15, 0.2) is 0 Å². The average molecular weight is 266 g/mol. The Bertz CT molecular complexity index is 484. The Morgan fingerprint density at radius 3 is 2.11 bits per heavy atom. The van der Waals surface area contributed by atoms with E-state index in [9.17, 15) is 4.39 Å². The van der Waals surface area contributed by atoms with Gasteiger partial charge in [-0.2, -0.15) is 0 Å². The van der Waals surface area contributed by atoms with Crippen molar-refractivity contribution < 1.29 is 18.4 Å². The third kappa shape index (κ3) is 2.25. The fraction of sp³-hybridized carbons (Fsp3) is 0.571. The molecule has 0 amide bonds. The largest absolute Gasteiger partial charge is 0.501 e. The molecule has 2 rings (SSSR count). The standard InChI is InChI=1S/C14H20BFO3/c1-9-7-8-10(16)11(12(9)17-6)15-18-13(2,3)14(4,5)19-15/h7-8H,1-6H3. The molecule has 104 valence electrons. The molecule has 1 aromatic rings. The van der Waals surface area contributed by atoms with Crippen molar-refractivity contribution in [3.8, 4) is 5.75 Å². The maximum Gasteiger partial charge on any atom is 0.501 e. The Labute approximate surface area is 114 Å². The fourth-order valence-corrected chi connectivity index (χ4v) is 2.14. The molecule has 5 heteroatoms. The van der Waals surface area contributed by atoms with Gasteiger partial charge in [0.2, 0.25) is 0 Å². The van der Waals surface area contributed by atoms with Gasteiger partial charge in [0, 0.05) is 0 Å². The van der Waals surface area contributed by atoms with E-state index < -0.39 is 18.3 Å². The van der Waals surface area contributed by atoms with Crippen LogP contribution in [0.4, 0.5) is 4.39 Å². The summed E-state index contributed by atoms with van der Waals surface area (Å²) in [6, 6.07) is 3.10. The lowest BCUT2D eigenvalue weighted by Gasteiger charge is -2.32. The summed E-state index contributed by atoms with van der Waals surface area (Å²) in [7, 11) is 0.774. The van der Waals surface area contributed by atoms with Crippen molar-refractivity contribution in [1.29, 1.82) is 0 Å². The molecular formula is C14H20BFO3. The highest BCUT2D eigenvalue weighted by Gasteiger charge is 2.53. The second kappa shape index (κ2) is 4.49. The SMILES string of the molecule is COc1c(C)ccc(F)c1B1OC(C)(C)C(C)(C)O1. The molecule has 0 radical (unpaired) electrons. The van der Waals surface area contributed by atoms with E-state index in [1.165, 1.54) is 13.2 Å². The van der Waals surface area contributed by atoms with Crippen molar-refractivity contribution >= 4 is 12.6 Å². The van der Waals surface area contributed by atoms with Gasteiger partial charge in [0.05, 0.1) is 23.8 Å². The first-order chi connectivity index (χ1) is 8.69. The monoisotopic (exact) mass is 266 g/mol. The Balaban J connectivity index is 2.48. The van der Waals surface area contributed by atoms with E-state index in [2.05, 4.69) is 0 Å². The van der Waals surface area contributed by atoms with Gasteiger partial charge in [0.25, 0.3) is 0 Å². The first-order valence-corrected chi connectivity index (χ1v) is 6.38. The topological polar surface area (TPSA) is 27.7 Å². The molecule has 0 aromatic heterocycles. The van der Waals surface area contributed by atoms with Crippen LogP contribution < -0.4 is 10.2 Å². The van der Waals surface area contributed by atoms with Gasteiger partial charge in [-0.1, -0.05) is 6.07 Å². The Morgan fingerprint density at radius 2 is 1.63 bits per heavy atom. The molecule has 0 atom stereocenters. The lowest BCUT2D eigenvalue weighted by atomic mass is 9.77. The van der Waals surface area contributed by atoms with Crippen molar-refractivity contribution in [3.05, 3.63) is 23.5 Å². The first-order valence-electron chi connectivity index (χ1n) is 6.38. The summed E-state index contributed by atoms with van der Waals surface area (Å²) in [5, 5.41) is 0. The van der Waals surface area contributed by atoms with E-state index in [1.807, 2.05) is 34.6 Å². The van der Waals surface area contributed by atoms with Crippen LogP contribution in [0, 0.1) is 12.7 Å². The number of halogens is 1. The first kappa shape index (κ1) is 14.3. The summed E-state index contributed by atoms with van der Waals surface area (Å²) in [4.78, 5) is 0. The van der Waals surface area contributed by atoms with Gasteiger partial charge >= 0.3 is 7.12 Å². The molecule has 3 nitrogen and oxygen atoms in total. The molecule has 1 heterocycles. The molecule has 1 aliphatic heterocycles. The Kier molecular flexibility index (Phi) is 3.39. The molecule has 1 aliphatic rings. The highest BCUT2D eigenvalue weighted by atomic mass is 19.1. The number of ether oxygens (including phenoxy) is 1. The molecule has 1 fully saturated rings. The summed E-state index contributed by atoms with van der Waals surface area (Å²) in [5.41, 5.74) is 0.187. The summed E-state index contributed by atoms with van der Waals surface area (Å²) in [6.07, 6.45) is 0. The van der Waals surface area contributed by atoms with E-state index in [1.54, 1.807) is 6.07 Å². The van der Waals surface area contributed by atoms with E-state index >= 15 is 0 Å². The lowest BCUT2D eigenvalue weighted by molar-refractivity contribution is 0.00578. The number of rotatable bonds is 2. The van der Waals surface area contributed by atoms with Crippen LogP contribution in [0.2, 0.25) is 0 Å². The molecule has 0 aliphatic carbocycles. The predicted molar refractivity (Wildman–Crippen MR) is 73.4 cm³/mol. The number of hydrogen-bond acceptors (Lipinski definition) is 3. The minimum absolute atomic E-state index is 0.334. The number of methoxy groups -OCH3 is 1. The van der Waals surface area contributed by atoms with Gasteiger partial charge in [-0.25, -0.2) is 4.39 Å². The smallest absolute Gasteiger partial charge is 0.497 e. The maximum atomic E-state index is 14.1. The molecule has 1 aromatic carbocycles. The quantitative estimate of drug-likeness (QED) is 0.769. The molecule has 0 spiro atoms. The van der Waals surface area contributed by atoms with Crippen LogP contribution in [-0.2, 0) is 9.31 Å². The van der Waals surface area contributed by atoms with Crippen molar-refractivity contribution in [2.45, 2.75) is 45.8 Å². The molecule has 19 heavy (non-hydrogen) atoms. The fourth-order valence-electron chi connectivity index (χ4n) is 2.14. The van der Waals surface area contributed by atoms with Crippen molar-refractivity contribution in [3.63, 3.8) is 0 Å². The van der Waals surface area contributed by atoms with Gasteiger partial charge in [0.1, 0.15) is 11.6 Å². The van der Waals surface area contributed by atoms with Crippen molar-refractivity contribution in [2.75, 3.05) is 7.11 Å². The molecular weight excluding hydrogens is 246 g/mol. The number of aryl methyl sites for hydroxylation is 1. The van der Waals surface area contributed by atoms with Crippen molar-refractivity contribution in [1.82, 2.24) is 0 Å². The van der Waals surface area contributed by atoms with E-state index in [-0.39, 0.29) is 5.82 Å². The third-order valence-corrected chi connectivity index (χ3v) is 4.03. The average Bonchev–Trinajstić information content (AvgIpc) is 2.50. The second-order valence-corrected chi connectivity index (χ2v) is 5.90. The van der Waals surface area contributed by atoms with Crippen LogP contribution in [0.15, 0.2) is 12.1 Å². The predicted octanol–water partition coefficient (Wildman–Crippen LogP) is 2.44. The zero-order valence-electron chi connectivity index (χ0n) is 12.3. The third-order valence-electron chi connectivity index (χ3n) is 4.03. The molecule has 0 bridgehead atoms. The summed E-state index contributed by atoms with van der Waals surface area (Å²) < 4.78 is 31.2. The maximum absolute atomic E-state index is 14.1. The highest BCUT2D eigenvalue weighted by molar-refractivity contribution is 6.63. The van der Waals surface area contributed by atoms with Crippen LogP contribution in [0.3, 0.4) is 0 Å². The molecule has 0 unspecified atom stereocenters. The van der Waals surface area contributed by atoms with E-state index in [0.29, 0.717) is 11.2 Å². The van der Waals surface area contributed by atoms with Crippen LogP contribution >= 0.6 is 0 Å². The Morgan fingerprint density at radius 1 is 1.11 bits per heavy atom. The minimum Gasteiger partial charge on any atom is -0.497 e. The van der Waals surface area contributed by atoms with Gasteiger partial charge in [-0.05, 0) is 46.2 Å².